The second-order valence-electron chi connectivity index (χ2n) is 20.0. The zero-order valence-corrected chi connectivity index (χ0v) is 33.6. The number of ether oxygens (including phenoxy) is 1. The number of unbranched alkanes of at least 4 members (excludes halogenated alkanes) is 12. The van der Waals surface area contributed by atoms with Crippen molar-refractivity contribution in [3.8, 4) is 0 Å². The number of hydrogen-bond donors (Lipinski definition) is 1. The van der Waals surface area contributed by atoms with E-state index in [1.54, 1.807) is 0 Å². The van der Waals surface area contributed by atoms with Crippen molar-refractivity contribution in [1.29, 1.82) is 0 Å². The second-order valence-corrected chi connectivity index (χ2v) is 20.0. The molecule has 5 saturated carbocycles. The molecule has 282 valence electrons. The van der Waals surface area contributed by atoms with Gasteiger partial charge in [-0.15, -0.1) is 0 Å². The first kappa shape index (κ1) is 39.4. The Hall–Kier alpha value is -0.830. The molecule has 3 nitrogen and oxygen atoms in total. The lowest BCUT2D eigenvalue weighted by Crippen LogP contribution is -2.67. The molecular weight excluding hydrogens is 601 g/mol. The number of carbonyl (C=O) groups is 1. The van der Waals surface area contributed by atoms with Crippen molar-refractivity contribution in [3.05, 3.63) is 12.2 Å². The van der Waals surface area contributed by atoms with Crippen molar-refractivity contribution in [1.82, 2.24) is 0 Å². The van der Waals surface area contributed by atoms with Gasteiger partial charge in [0.2, 0.25) is 0 Å². The number of aliphatic hydroxyl groups excluding tert-OH is 1. The topological polar surface area (TPSA) is 46.5 Å². The number of esters is 1. The van der Waals surface area contributed by atoms with Crippen LogP contribution in [0.15, 0.2) is 12.2 Å². The summed E-state index contributed by atoms with van der Waals surface area (Å²) in [6.07, 6.45) is 30.2. The zero-order chi connectivity index (χ0) is 35.5. The van der Waals surface area contributed by atoms with E-state index in [0.717, 1.165) is 19.3 Å². The van der Waals surface area contributed by atoms with Crippen molar-refractivity contribution in [2.24, 2.45) is 56.7 Å². The Balaban J connectivity index is 1.12. The van der Waals surface area contributed by atoms with E-state index in [1.165, 1.54) is 134 Å². The molecule has 49 heavy (non-hydrogen) atoms. The van der Waals surface area contributed by atoms with Crippen molar-refractivity contribution in [2.75, 3.05) is 6.61 Å². The molecule has 5 aliphatic carbocycles. The minimum atomic E-state index is 0.00680. The van der Waals surface area contributed by atoms with Crippen LogP contribution in [0.3, 0.4) is 0 Å². The van der Waals surface area contributed by atoms with Crippen molar-refractivity contribution in [3.63, 3.8) is 0 Å². The van der Waals surface area contributed by atoms with Crippen molar-refractivity contribution >= 4 is 5.97 Å². The summed E-state index contributed by atoms with van der Waals surface area (Å²) < 4.78 is 6.41. The van der Waals surface area contributed by atoms with Crippen LogP contribution >= 0.6 is 0 Å². The van der Waals surface area contributed by atoms with Gasteiger partial charge in [0.25, 0.3) is 0 Å². The fourth-order valence-corrected chi connectivity index (χ4v) is 14.2. The van der Waals surface area contributed by atoms with Gasteiger partial charge in [-0.3, -0.25) is 4.79 Å². The Bertz CT molecular complexity index is 1110. The van der Waals surface area contributed by atoms with E-state index in [4.69, 9.17) is 4.74 Å². The van der Waals surface area contributed by atoms with Crippen LogP contribution in [0.2, 0.25) is 0 Å². The Labute approximate surface area is 304 Å². The molecule has 0 heterocycles. The molecule has 0 radical (unpaired) electrons. The maximum atomic E-state index is 13.2. The highest BCUT2D eigenvalue weighted by molar-refractivity contribution is 5.69. The van der Waals surface area contributed by atoms with Gasteiger partial charge in [-0.25, -0.2) is 0 Å². The normalized spacial score (nSPS) is 40.9. The quantitative estimate of drug-likeness (QED) is 0.0945. The first-order valence-electron chi connectivity index (χ1n) is 21.8. The third-order valence-corrected chi connectivity index (χ3v) is 17.3. The van der Waals surface area contributed by atoms with Gasteiger partial charge in [0.05, 0.1) is 0 Å². The summed E-state index contributed by atoms with van der Waals surface area (Å²) in [6, 6.07) is 0. The number of carbonyl (C=O) groups excluding carboxylic acids is 1. The molecular formula is C46H80O3. The first-order valence-corrected chi connectivity index (χ1v) is 21.8. The third kappa shape index (κ3) is 7.38. The molecule has 5 aliphatic rings. The van der Waals surface area contributed by atoms with Crippen LogP contribution in [-0.4, -0.2) is 23.8 Å². The fraction of sp³-hybridized carbons (Fsp3) is 0.935. The molecule has 0 bridgehead atoms. The van der Waals surface area contributed by atoms with Crippen molar-refractivity contribution in [2.45, 2.75) is 209 Å². The van der Waals surface area contributed by atoms with Gasteiger partial charge < -0.3 is 9.84 Å². The molecule has 1 N–H and O–H groups in total. The summed E-state index contributed by atoms with van der Waals surface area (Å²) in [7, 11) is 0. The lowest BCUT2D eigenvalue weighted by Gasteiger charge is -2.73. The highest BCUT2D eigenvalue weighted by Gasteiger charge is 2.71. The van der Waals surface area contributed by atoms with E-state index in [1.807, 2.05) is 0 Å². The van der Waals surface area contributed by atoms with Gasteiger partial charge in [0.15, 0.2) is 0 Å². The molecule has 1 unspecified atom stereocenters. The predicted molar refractivity (Wildman–Crippen MR) is 206 cm³/mol. The lowest BCUT2D eigenvalue weighted by atomic mass is 9.32. The van der Waals surface area contributed by atoms with Gasteiger partial charge in [0.1, 0.15) is 6.10 Å². The van der Waals surface area contributed by atoms with Crippen molar-refractivity contribution < 1.29 is 14.6 Å². The van der Waals surface area contributed by atoms with Gasteiger partial charge in [0, 0.05) is 18.4 Å². The number of hydrogen-bond acceptors (Lipinski definition) is 3. The number of aliphatic hydroxyl groups is 1. The van der Waals surface area contributed by atoms with Gasteiger partial charge in [-0.1, -0.05) is 131 Å². The molecule has 0 spiro atoms. The monoisotopic (exact) mass is 681 g/mol. The summed E-state index contributed by atoms with van der Waals surface area (Å²) in [6.45, 7) is 22.3. The molecule has 5 rings (SSSR count). The SMILES string of the molecule is C=C(C)[C@@H]1CC[C@]2(CO)CC[C@]3(C)[C@H](CC[C@@H]4[C@@]5(C)CC[C@H](OC(=O)CCCCCCCCCCCCCCC)C(C)(C)[C@@H]5CC[C@]43C)C12. The number of fused-ring (bicyclic) bond motifs is 7. The lowest BCUT2D eigenvalue weighted by molar-refractivity contribution is -0.251. The van der Waals surface area contributed by atoms with E-state index < -0.39 is 0 Å². The van der Waals surface area contributed by atoms with Crippen LogP contribution in [0.4, 0.5) is 0 Å². The molecule has 0 aromatic rings. The Kier molecular flexibility index (Phi) is 12.9. The Morgan fingerprint density at radius 1 is 0.694 bits per heavy atom. The van der Waals surface area contributed by atoms with Crippen LogP contribution in [0.5, 0.6) is 0 Å². The Morgan fingerprint density at radius 3 is 1.90 bits per heavy atom. The largest absolute Gasteiger partial charge is 0.462 e. The van der Waals surface area contributed by atoms with Crippen LogP contribution < -0.4 is 0 Å². The number of rotatable bonds is 17. The van der Waals surface area contributed by atoms with Gasteiger partial charge >= 0.3 is 5.97 Å². The van der Waals surface area contributed by atoms with E-state index in [-0.39, 0.29) is 28.3 Å². The van der Waals surface area contributed by atoms with E-state index in [2.05, 4.69) is 55.0 Å². The highest BCUT2D eigenvalue weighted by atomic mass is 16.5. The zero-order valence-electron chi connectivity index (χ0n) is 33.6. The molecule has 0 saturated heterocycles. The van der Waals surface area contributed by atoms with Crippen LogP contribution in [0.25, 0.3) is 0 Å². The molecule has 3 heteroatoms. The smallest absolute Gasteiger partial charge is 0.306 e. The van der Waals surface area contributed by atoms with E-state index in [9.17, 15) is 9.90 Å². The maximum absolute atomic E-state index is 13.2. The standard InChI is InChI=1S/C46H80O3/c1-9-10-11-12-13-14-15-16-17-18-19-20-21-22-40(48)49-39-27-28-43(6)37(42(39,4)5)26-29-45(8)38(43)24-23-36-41-35(34(2)3)25-30-46(41,33-47)32-31-44(36,45)7/h35-39,41,47H,2,9-33H2,1,3-8H3/t35-,36+,37-,38+,39-,41?,43-,44+,45+,46+/m0/s1. The van der Waals surface area contributed by atoms with E-state index >= 15 is 0 Å². The van der Waals surface area contributed by atoms with E-state index in [0.29, 0.717) is 53.4 Å². The van der Waals surface area contributed by atoms with Gasteiger partial charge in [-0.2, -0.15) is 0 Å². The fourth-order valence-electron chi connectivity index (χ4n) is 14.2. The molecule has 0 aromatic heterocycles. The average molecular weight is 681 g/mol. The molecule has 5 fully saturated rings. The number of allylic oxidation sites excluding steroid dienone is 1. The Morgan fingerprint density at radius 2 is 1.31 bits per heavy atom. The maximum Gasteiger partial charge on any atom is 0.306 e. The minimum Gasteiger partial charge on any atom is -0.462 e. The average Bonchev–Trinajstić information content (AvgIpc) is 3.45. The third-order valence-electron chi connectivity index (χ3n) is 17.3. The minimum absolute atomic E-state index is 0.00680. The molecule has 10 atom stereocenters. The first-order chi connectivity index (χ1) is 23.3. The highest BCUT2D eigenvalue weighted by Crippen LogP contribution is 2.77. The predicted octanol–water partition coefficient (Wildman–Crippen LogP) is 13.0. The van der Waals surface area contributed by atoms with Crippen LogP contribution in [0.1, 0.15) is 203 Å². The second kappa shape index (κ2) is 16.0. The summed E-state index contributed by atoms with van der Waals surface area (Å²) in [5.74, 6) is 3.22. The van der Waals surface area contributed by atoms with Gasteiger partial charge in [-0.05, 0) is 129 Å². The summed E-state index contributed by atoms with van der Waals surface area (Å²) >= 11 is 0. The molecule has 0 amide bonds. The van der Waals surface area contributed by atoms with Crippen LogP contribution in [0, 0.1) is 56.7 Å². The molecule has 0 aliphatic heterocycles. The molecule has 0 aromatic carbocycles. The van der Waals surface area contributed by atoms with Crippen LogP contribution in [-0.2, 0) is 9.53 Å². The summed E-state index contributed by atoms with van der Waals surface area (Å²) in [5, 5.41) is 10.8. The summed E-state index contributed by atoms with van der Waals surface area (Å²) in [4.78, 5) is 13.2. The summed E-state index contributed by atoms with van der Waals surface area (Å²) in [5.41, 5.74) is 2.40.